The molecular weight excluding hydrogens is 398 g/mol. The maximum absolute atomic E-state index is 10.0. The number of fused-ring (bicyclic) bond motifs is 1. The van der Waals surface area contributed by atoms with Crippen LogP contribution in [0.5, 0.6) is 0 Å². The van der Waals surface area contributed by atoms with Crippen LogP contribution in [0.25, 0.3) is 0 Å². The van der Waals surface area contributed by atoms with Gasteiger partial charge in [-0.2, -0.15) is 0 Å². The van der Waals surface area contributed by atoms with Crippen molar-refractivity contribution < 1.29 is 14.9 Å². The lowest BCUT2D eigenvalue weighted by Gasteiger charge is -2.46. The normalized spacial score (nSPS) is 40.3. The van der Waals surface area contributed by atoms with Gasteiger partial charge in [-0.3, -0.25) is 4.90 Å². The highest BCUT2D eigenvalue weighted by Crippen LogP contribution is 2.59. The molecule has 3 saturated carbocycles. The summed E-state index contributed by atoms with van der Waals surface area (Å²) >= 11 is 0. The van der Waals surface area contributed by atoms with Crippen LogP contribution in [-0.4, -0.2) is 59.2 Å². The lowest BCUT2D eigenvalue weighted by Crippen LogP contribution is -2.53. The Bertz CT molecular complexity index is 701. The summed E-state index contributed by atoms with van der Waals surface area (Å²) in [5.41, 5.74) is 3.43. The summed E-state index contributed by atoms with van der Waals surface area (Å²) in [7, 11) is 0. The lowest BCUT2D eigenvalue weighted by molar-refractivity contribution is -0.0545. The smallest absolute Gasteiger partial charge is 0.0645 e. The predicted molar refractivity (Wildman–Crippen MR) is 130 cm³/mol. The number of aliphatic hydroxyl groups is 2. The van der Waals surface area contributed by atoms with E-state index in [2.05, 4.69) is 44.7 Å². The first-order valence-electron chi connectivity index (χ1n) is 13.3. The summed E-state index contributed by atoms with van der Waals surface area (Å²) in [5.74, 6) is 2.27. The Labute approximate surface area is 196 Å². The number of rotatable bonds is 5. The van der Waals surface area contributed by atoms with E-state index in [-0.39, 0.29) is 17.7 Å². The Morgan fingerprint density at radius 2 is 1.88 bits per heavy atom. The molecule has 4 rings (SSSR count). The fourth-order valence-corrected chi connectivity index (χ4v) is 7.61. The molecule has 0 spiro atoms. The summed E-state index contributed by atoms with van der Waals surface area (Å²) in [5, 5.41) is 20.0. The monoisotopic (exact) mass is 445 g/mol. The number of morpholine rings is 1. The first-order chi connectivity index (χ1) is 15.2. The highest BCUT2D eigenvalue weighted by atomic mass is 16.5. The van der Waals surface area contributed by atoms with Crippen LogP contribution in [0.2, 0.25) is 0 Å². The van der Waals surface area contributed by atoms with Gasteiger partial charge in [0.1, 0.15) is 0 Å². The molecular formula is C28H47NO3. The topological polar surface area (TPSA) is 52.9 Å². The van der Waals surface area contributed by atoms with Crippen LogP contribution in [-0.2, 0) is 4.74 Å². The quantitative estimate of drug-likeness (QED) is 0.618. The molecule has 0 aromatic heterocycles. The maximum atomic E-state index is 10.0. The van der Waals surface area contributed by atoms with Crippen LogP contribution in [0.3, 0.4) is 0 Å². The second-order valence-electron chi connectivity index (χ2n) is 12.2. The van der Waals surface area contributed by atoms with Crippen molar-refractivity contribution in [3.8, 4) is 0 Å². The molecule has 32 heavy (non-hydrogen) atoms. The molecule has 2 N–H and O–H groups in total. The molecule has 0 aromatic carbocycles. The van der Waals surface area contributed by atoms with Gasteiger partial charge >= 0.3 is 0 Å². The standard InChI is InChI=1S/C28H47NO3/c1-20(11-13-29-14-15-32-19-27(29,2)3)25-9-10-26-22(6-5-12-28(25,26)4)8-7-21-16-23(30)18-24(31)17-21/h7-8,20,23-26,30-31H,5-6,9-19H2,1-4H3/b22-8+/t20?,23-,24-,25-,26+,28-/m1/s1. The van der Waals surface area contributed by atoms with E-state index in [0.29, 0.717) is 17.8 Å². The lowest BCUT2D eigenvalue weighted by atomic mass is 9.61. The number of ether oxygens (including phenoxy) is 1. The van der Waals surface area contributed by atoms with Crippen LogP contribution in [0.4, 0.5) is 0 Å². The molecule has 1 aliphatic heterocycles. The Morgan fingerprint density at radius 3 is 2.59 bits per heavy atom. The van der Waals surface area contributed by atoms with E-state index in [4.69, 9.17) is 4.74 Å². The number of hydrogen-bond donors (Lipinski definition) is 2. The van der Waals surface area contributed by atoms with Crippen molar-refractivity contribution in [1.29, 1.82) is 0 Å². The SMILES string of the molecule is CC(CCN1CCOCC1(C)C)[C@H]1CC[C@H]2/C(=C/C=C3C[C@@H](O)C[C@H](O)C3)CCC[C@]12C. The Kier molecular flexibility index (Phi) is 7.56. The third-order valence-electron chi connectivity index (χ3n) is 9.47. The molecule has 182 valence electrons. The minimum absolute atomic E-state index is 0.161. The average Bonchev–Trinajstić information content (AvgIpc) is 3.08. The van der Waals surface area contributed by atoms with Crippen LogP contribution >= 0.6 is 0 Å². The minimum Gasteiger partial charge on any atom is -0.393 e. The van der Waals surface area contributed by atoms with E-state index < -0.39 is 0 Å². The molecule has 4 nitrogen and oxygen atoms in total. The summed E-state index contributed by atoms with van der Waals surface area (Å²) < 4.78 is 5.72. The second-order valence-corrected chi connectivity index (χ2v) is 12.2. The first kappa shape index (κ1) is 24.4. The third kappa shape index (κ3) is 5.19. The zero-order valence-electron chi connectivity index (χ0n) is 21.0. The summed E-state index contributed by atoms with van der Waals surface area (Å²) in [4.78, 5) is 2.65. The maximum Gasteiger partial charge on any atom is 0.0645 e. The Morgan fingerprint density at radius 1 is 1.12 bits per heavy atom. The van der Waals surface area contributed by atoms with Gasteiger partial charge < -0.3 is 14.9 Å². The van der Waals surface area contributed by atoms with Crippen molar-refractivity contribution in [3.63, 3.8) is 0 Å². The van der Waals surface area contributed by atoms with Crippen molar-refractivity contribution in [2.45, 2.75) is 103 Å². The molecule has 0 radical (unpaired) electrons. The summed E-state index contributed by atoms with van der Waals surface area (Å²) in [6.45, 7) is 13.7. The molecule has 4 heteroatoms. The zero-order valence-corrected chi connectivity index (χ0v) is 21.0. The van der Waals surface area contributed by atoms with E-state index in [1.54, 1.807) is 5.57 Å². The molecule has 4 aliphatic rings. The number of hydrogen-bond acceptors (Lipinski definition) is 4. The predicted octanol–water partition coefficient (Wildman–Crippen LogP) is 5.10. The van der Waals surface area contributed by atoms with E-state index in [9.17, 15) is 10.2 Å². The van der Waals surface area contributed by atoms with Crippen molar-refractivity contribution in [3.05, 3.63) is 23.3 Å². The molecule has 1 heterocycles. The number of nitrogens with zero attached hydrogens (tertiary/aromatic N) is 1. The highest BCUT2D eigenvalue weighted by Gasteiger charge is 2.50. The Balaban J connectivity index is 1.40. The van der Waals surface area contributed by atoms with Gasteiger partial charge in [-0.1, -0.05) is 37.1 Å². The van der Waals surface area contributed by atoms with E-state index in [1.165, 1.54) is 50.6 Å². The highest BCUT2D eigenvalue weighted by molar-refractivity contribution is 5.26. The molecule has 0 amide bonds. The van der Waals surface area contributed by atoms with Gasteiger partial charge in [0.2, 0.25) is 0 Å². The number of allylic oxidation sites excluding steroid dienone is 3. The van der Waals surface area contributed by atoms with E-state index in [0.717, 1.165) is 44.4 Å². The molecule has 1 unspecified atom stereocenters. The van der Waals surface area contributed by atoms with Gasteiger partial charge in [0.25, 0.3) is 0 Å². The van der Waals surface area contributed by atoms with Crippen LogP contribution in [0.1, 0.15) is 85.5 Å². The fraction of sp³-hybridized carbons (Fsp3) is 0.857. The van der Waals surface area contributed by atoms with Crippen LogP contribution < -0.4 is 0 Å². The van der Waals surface area contributed by atoms with Crippen LogP contribution in [0.15, 0.2) is 23.3 Å². The van der Waals surface area contributed by atoms with Gasteiger partial charge in [0.15, 0.2) is 0 Å². The third-order valence-corrected chi connectivity index (χ3v) is 9.47. The van der Waals surface area contributed by atoms with Crippen molar-refractivity contribution in [2.24, 2.45) is 23.2 Å². The number of aliphatic hydroxyl groups excluding tert-OH is 2. The largest absolute Gasteiger partial charge is 0.393 e. The van der Waals surface area contributed by atoms with Gasteiger partial charge in [-0.05, 0) is 101 Å². The molecule has 0 bridgehead atoms. The molecule has 3 aliphatic carbocycles. The Hall–Kier alpha value is -0.680. The average molecular weight is 446 g/mol. The van der Waals surface area contributed by atoms with Gasteiger partial charge in [-0.25, -0.2) is 0 Å². The van der Waals surface area contributed by atoms with Crippen LogP contribution in [0, 0.1) is 23.2 Å². The zero-order chi connectivity index (χ0) is 22.9. The first-order valence-corrected chi connectivity index (χ1v) is 13.3. The van der Waals surface area contributed by atoms with E-state index in [1.807, 2.05) is 0 Å². The van der Waals surface area contributed by atoms with E-state index >= 15 is 0 Å². The fourth-order valence-electron chi connectivity index (χ4n) is 7.61. The van der Waals surface area contributed by atoms with Crippen molar-refractivity contribution in [1.82, 2.24) is 4.90 Å². The van der Waals surface area contributed by atoms with Crippen molar-refractivity contribution >= 4 is 0 Å². The minimum atomic E-state index is -0.381. The molecule has 6 atom stereocenters. The van der Waals surface area contributed by atoms with Gasteiger partial charge in [0, 0.05) is 12.1 Å². The van der Waals surface area contributed by atoms with Gasteiger partial charge in [-0.15, -0.1) is 0 Å². The summed E-state index contributed by atoms with van der Waals surface area (Å²) in [6.07, 6.45) is 13.7. The van der Waals surface area contributed by atoms with Gasteiger partial charge in [0.05, 0.1) is 25.4 Å². The molecule has 0 aromatic rings. The molecule has 1 saturated heterocycles. The van der Waals surface area contributed by atoms with Crippen molar-refractivity contribution in [2.75, 3.05) is 26.3 Å². The molecule has 4 fully saturated rings. The summed E-state index contributed by atoms with van der Waals surface area (Å²) in [6, 6.07) is 0. The second kappa shape index (κ2) is 9.90.